The third-order valence-electron chi connectivity index (χ3n) is 4.23. The van der Waals surface area contributed by atoms with E-state index in [2.05, 4.69) is 31.1 Å². The van der Waals surface area contributed by atoms with E-state index in [-0.39, 0.29) is 6.61 Å². The summed E-state index contributed by atoms with van der Waals surface area (Å²) >= 11 is 4.83. The van der Waals surface area contributed by atoms with Crippen LogP contribution in [0.5, 0.6) is 5.75 Å². The Morgan fingerprint density at radius 3 is 2.53 bits per heavy atom. The van der Waals surface area contributed by atoms with E-state index in [1.807, 2.05) is 71.3 Å². The van der Waals surface area contributed by atoms with Gasteiger partial charge in [0.05, 0.1) is 6.10 Å². The molecule has 1 N–H and O–H groups in total. The first-order valence-corrected chi connectivity index (χ1v) is 11.1. The van der Waals surface area contributed by atoms with Gasteiger partial charge in [0.2, 0.25) is 0 Å². The monoisotopic (exact) mass is 482 g/mol. The molecule has 2 aromatic heterocycles. The predicted molar refractivity (Wildman–Crippen MR) is 121 cm³/mol. The summed E-state index contributed by atoms with van der Waals surface area (Å²) in [6.45, 7) is 0.198. The summed E-state index contributed by atoms with van der Waals surface area (Å²) in [6, 6.07) is 21.2. The molecule has 0 bridgehead atoms. The van der Waals surface area contributed by atoms with Crippen LogP contribution in [0.25, 0.3) is 17.1 Å². The standard InChI is InChI=1S/C22H19BrN4O2S/c23-17-8-10-20(11-9-17)29-14-19(28)15-30-22-26-25-21(16-5-4-12-24-13-16)27(22)18-6-2-1-3-7-18/h1-13,19,28H,14-15H2. The van der Waals surface area contributed by atoms with Crippen LogP contribution in [0, 0.1) is 0 Å². The summed E-state index contributed by atoms with van der Waals surface area (Å²) in [5, 5.41) is 19.8. The fraction of sp³-hybridized carbons (Fsp3) is 0.136. The van der Waals surface area contributed by atoms with Crippen molar-refractivity contribution in [3.63, 3.8) is 0 Å². The lowest BCUT2D eigenvalue weighted by atomic mass is 10.2. The minimum atomic E-state index is -0.651. The Morgan fingerprint density at radius 1 is 1.00 bits per heavy atom. The third kappa shape index (κ3) is 5.08. The van der Waals surface area contributed by atoms with Crippen molar-refractivity contribution in [1.82, 2.24) is 19.7 Å². The van der Waals surface area contributed by atoms with Crippen molar-refractivity contribution < 1.29 is 9.84 Å². The van der Waals surface area contributed by atoms with Crippen LogP contribution in [0.4, 0.5) is 0 Å². The molecular formula is C22H19BrN4O2S. The Hall–Kier alpha value is -2.68. The maximum atomic E-state index is 10.4. The number of thioether (sulfide) groups is 1. The van der Waals surface area contributed by atoms with E-state index in [0.717, 1.165) is 15.7 Å². The van der Waals surface area contributed by atoms with Gasteiger partial charge in [-0.1, -0.05) is 45.9 Å². The topological polar surface area (TPSA) is 73.1 Å². The fourth-order valence-corrected chi connectivity index (χ4v) is 3.92. The fourth-order valence-electron chi connectivity index (χ4n) is 2.80. The number of pyridine rings is 1. The Balaban J connectivity index is 1.48. The highest BCUT2D eigenvalue weighted by molar-refractivity contribution is 9.10. The van der Waals surface area contributed by atoms with Crippen LogP contribution >= 0.6 is 27.7 Å². The van der Waals surface area contributed by atoms with Crippen molar-refractivity contribution in [2.24, 2.45) is 0 Å². The molecule has 30 heavy (non-hydrogen) atoms. The number of aliphatic hydroxyl groups is 1. The number of aliphatic hydroxyl groups excluding tert-OH is 1. The lowest BCUT2D eigenvalue weighted by Crippen LogP contribution is -2.20. The highest BCUT2D eigenvalue weighted by Gasteiger charge is 2.17. The quantitative estimate of drug-likeness (QED) is 0.369. The molecule has 0 aliphatic carbocycles. The number of hydrogen-bond donors (Lipinski definition) is 1. The zero-order valence-electron chi connectivity index (χ0n) is 15.9. The Morgan fingerprint density at radius 2 is 1.80 bits per heavy atom. The lowest BCUT2D eigenvalue weighted by molar-refractivity contribution is 0.126. The number of halogens is 1. The van der Waals surface area contributed by atoms with E-state index < -0.39 is 6.10 Å². The summed E-state index contributed by atoms with van der Waals surface area (Å²) in [7, 11) is 0. The van der Waals surface area contributed by atoms with Crippen molar-refractivity contribution in [2.45, 2.75) is 11.3 Å². The van der Waals surface area contributed by atoms with Gasteiger partial charge in [0.25, 0.3) is 0 Å². The molecular weight excluding hydrogens is 464 g/mol. The molecule has 6 nitrogen and oxygen atoms in total. The zero-order valence-corrected chi connectivity index (χ0v) is 18.3. The third-order valence-corrected chi connectivity index (χ3v) is 5.83. The van der Waals surface area contributed by atoms with Gasteiger partial charge >= 0.3 is 0 Å². The number of ether oxygens (including phenoxy) is 1. The van der Waals surface area contributed by atoms with Gasteiger partial charge in [0, 0.05) is 33.9 Å². The molecule has 2 heterocycles. The Kier molecular flexibility index (Phi) is 6.78. The molecule has 4 aromatic rings. The molecule has 0 amide bonds. The molecule has 0 fully saturated rings. The van der Waals surface area contributed by atoms with Gasteiger partial charge in [-0.25, -0.2) is 0 Å². The maximum absolute atomic E-state index is 10.4. The average molecular weight is 483 g/mol. The molecule has 2 aromatic carbocycles. The number of benzene rings is 2. The predicted octanol–water partition coefficient (Wildman–Crippen LogP) is 4.62. The zero-order chi connectivity index (χ0) is 20.8. The molecule has 8 heteroatoms. The summed E-state index contributed by atoms with van der Waals surface area (Å²) in [5.74, 6) is 1.85. The van der Waals surface area contributed by atoms with Gasteiger partial charge in [-0.2, -0.15) is 0 Å². The molecule has 0 radical (unpaired) electrons. The van der Waals surface area contributed by atoms with Gasteiger partial charge < -0.3 is 9.84 Å². The van der Waals surface area contributed by atoms with Crippen LogP contribution < -0.4 is 4.74 Å². The SMILES string of the molecule is OC(COc1ccc(Br)cc1)CSc1nnc(-c2cccnc2)n1-c1ccccc1. The maximum Gasteiger partial charge on any atom is 0.196 e. The molecule has 152 valence electrons. The average Bonchev–Trinajstić information content (AvgIpc) is 3.22. The summed E-state index contributed by atoms with van der Waals surface area (Å²) in [5.41, 5.74) is 1.82. The van der Waals surface area contributed by atoms with Crippen LogP contribution in [0.2, 0.25) is 0 Å². The van der Waals surface area contributed by atoms with Gasteiger partial charge in [0.1, 0.15) is 12.4 Å². The van der Waals surface area contributed by atoms with Crippen molar-refractivity contribution >= 4 is 27.7 Å². The number of hydrogen-bond acceptors (Lipinski definition) is 6. The van der Waals surface area contributed by atoms with Crippen molar-refractivity contribution in [1.29, 1.82) is 0 Å². The van der Waals surface area contributed by atoms with E-state index in [1.165, 1.54) is 11.8 Å². The first-order valence-electron chi connectivity index (χ1n) is 9.31. The van der Waals surface area contributed by atoms with Crippen LogP contribution in [0.1, 0.15) is 0 Å². The number of para-hydroxylation sites is 1. The highest BCUT2D eigenvalue weighted by atomic mass is 79.9. The molecule has 4 rings (SSSR count). The van der Waals surface area contributed by atoms with Crippen LogP contribution in [0.3, 0.4) is 0 Å². The highest BCUT2D eigenvalue weighted by Crippen LogP contribution is 2.28. The second-order valence-electron chi connectivity index (χ2n) is 6.45. The van der Waals surface area contributed by atoms with E-state index in [4.69, 9.17) is 4.74 Å². The summed E-state index contributed by atoms with van der Waals surface area (Å²) < 4.78 is 8.62. The minimum Gasteiger partial charge on any atom is -0.491 e. The van der Waals surface area contributed by atoms with Crippen molar-refractivity contribution in [3.8, 4) is 22.8 Å². The minimum absolute atomic E-state index is 0.198. The molecule has 0 aliphatic rings. The second-order valence-corrected chi connectivity index (χ2v) is 8.35. The van der Waals surface area contributed by atoms with Gasteiger partial charge in [-0.3, -0.25) is 9.55 Å². The Bertz CT molecular complexity index is 1080. The summed E-state index contributed by atoms with van der Waals surface area (Å²) in [4.78, 5) is 4.19. The smallest absolute Gasteiger partial charge is 0.196 e. The number of nitrogens with zero attached hydrogens (tertiary/aromatic N) is 4. The van der Waals surface area contributed by atoms with Crippen LogP contribution in [-0.2, 0) is 0 Å². The van der Waals surface area contributed by atoms with Crippen LogP contribution in [0.15, 0.2) is 88.8 Å². The normalized spacial score (nSPS) is 11.9. The number of aromatic nitrogens is 4. The molecule has 0 saturated heterocycles. The van der Waals surface area contributed by atoms with E-state index in [9.17, 15) is 5.11 Å². The van der Waals surface area contributed by atoms with E-state index >= 15 is 0 Å². The van der Waals surface area contributed by atoms with E-state index in [1.54, 1.807) is 12.4 Å². The number of rotatable bonds is 8. The Labute approximate surface area is 187 Å². The van der Waals surface area contributed by atoms with Crippen molar-refractivity contribution in [3.05, 3.63) is 83.6 Å². The van der Waals surface area contributed by atoms with E-state index in [0.29, 0.717) is 22.5 Å². The molecule has 1 unspecified atom stereocenters. The van der Waals surface area contributed by atoms with Crippen LogP contribution in [-0.4, -0.2) is 43.3 Å². The van der Waals surface area contributed by atoms with Crippen molar-refractivity contribution in [2.75, 3.05) is 12.4 Å². The summed E-state index contributed by atoms with van der Waals surface area (Å²) in [6.07, 6.45) is 2.84. The van der Waals surface area contributed by atoms with Gasteiger partial charge in [-0.05, 0) is 48.5 Å². The molecule has 0 aliphatic heterocycles. The molecule has 0 spiro atoms. The lowest BCUT2D eigenvalue weighted by Gasteiger charge is -2.13. The first kappa shape index (κ1) is 20.6. The largest absolute Gasteiger partial charge is 0.491 e. The van der Waals surface area contributed by atoms with Gasteiger partial charge in [0.15, 0.2) is 11.0 Å². The van der Waals surface area contributed by atoms with Gasteiger partial charge in [-0.15, -0.1) is 10.2 Å². The molecule has 1 atom stereocenters. The second kappa shape index (κ2) is 9.88. The molecule has 0 saturated carbocycles. The first-order chi connectivity index (χ1) is 14.7.